The van der Waals surface area contributed by atoms with Gasteiger partial charge < -0.3 is 19.9 Å². The standard InChI is InChI=1S/C18H21FN5O6PS2/c19-24-18(33(27,28)22-13-31(25,26)30-16-4-2-1-3-5-16)32-17(23(24)12-21)14-6-8-15(9-7-14)29-11-10-20/h1-9,17-18,22H,10-11,13,20H2,(H,25,26). The molecule has 3 unspecified atom stereocenters. The number of nitriles is 1. The fourth-order valence-electron chi connectivity index (χ4n) is 2.75. The van der Waals surface area contributed by atoms with E-state index in [4.69, 9.17) is 15.0 Å². The van der Waals surface area contributed by atoms with Gasteiger partial charge in [0.2, 0.25) is 14.7 Å². The monoisotopic (exact) mass is 517 g/mol. The fraction of sp³-hybridized carbons (Fsp3) is 0.278. The number of nitrogens with two attached hydrogens (primary N) is 1. The summed E-state index contributed by atoms with van der Waals surface area (Å²) in [5.74, 6) is 0.579. The molecule has 4 N–H and O–H groups in total. The smallest absolute Gasteiger partial charge is 0.391 e. The number of sulfonamides is 1. The van der Waals surface area contributed by atoms with Crippen molar-refractivity contribution in [3.05, 3.63) is 60.2 Å². The average molecular weight is 518 g/mol. The summed E-state index contributed by atoms with van der Waals surface area (Å²) in [4.78, 5) is 9.97. The summed E-state index contributed by atoms with van der Waals surface area (Å²) in [6, 6.07) is 14.0. The van der Waals surface area contributed by atoms with Gasteiger partial charge in [0.1, 0.15) is 29.8 Å². The van der Waals surface area contributed by atoms with E-state index in [2.05, 4.69) is 0 Å². The van der Waals surface area contributed by atoms with Gasteiger partial charge in [0, 0.05) is 6.54 Å². The molecule has 2 aromatic carbocycles. The van der Waals surface area contributed by atoms with Crippen molar-refractivity contribution in [1.29, 1.82) is 5.26 Å². The first-order valence-corrected chi connectivity index (χ1v) is 13.7. The van der Waals surface area contributed by atoms with Crippen molar-refractivity contribution in [2.75, 3.05) is 19.4 Å². The molecule has 3 atom stereocenters. The average Bonchev–Trinajstić information content (AvgIpc) is 3.14. The van der Waals surface area contributed by atoms with Gasteiger partial charge in [0.05, 0.1) is 0 Å². The van der Waals surface area contributed by atoms with Crippen molar-refractivity contribution in [3.8, 4) is 17.7 Å². The summed E-state index contributed by atoms with van der Waals surface area (Å²) in [6.07, 6.45) is 0.626. The highest BCUT2D eigenvalue weighted by molar-refractivity contribution is 8.13. The number of para-hydroxylation sites is 1. The lowest BCUT2D eigenvalue weighted by Crippen LogP contribution is -2.42. The molecule has 1 saturated heterocycles. The van der Waals surface area contributed by atoms with Crippen molar-refractivity contribution in [2.45, 2.75) is 10.1 Å². The highest BCUT2D eigenvalue weighted by atomic mass is 32.3. The minimum absolute atomic E-state index is 0.0690. The molecule has 0 bridgehead atoms. The number of thioether (sulfide) groups is 1. The third-order valence-corrected chi connectivity index (χ3v) is 8.97. The van der Waals surface area contributed by atoms with Crippen LogP contribution in [0.15, 0.2) is 54.6 Å². The van der Waals surface area contributed by atoms with Crippen LogP contribution in [-0.4, -0.2) is 47.7 Å². The Balaban J connectivity index is 1.70. The molecule has 11 nitrogen and oxygen atoms in total. The second kappa shape index (κ2) is 10.7. The summed E-state index contributed by atoms with van der Waals surface area (Å²) in [5.41, 5.74) is 5.83. The Morgan fingerprint density at radius 1 is 1.21 bits per heavy atom. The molecule has 0 aromatic heterocycles. The lowest BCUT2D eigenvalue weighted by atomic mass is 10.2. The van der Waals surface area contributed by atoms with Crippen LogP contribution in [0.2, 0.25) is 0 Å². The van der Waals surface area contributed by atoms with Crippen molar-refractivity contribution >= 4 is 29.4 Å². The molecular formula is C18H21FN5O6PS2. The third-order valence-electron chi connectivity index (χ3n) is 4.22. The van der Waals surface area contributed by atoms with Crippen LogP contribution in [0.5, 0.6) is 11.5 Å². The molecule has 15 heteroatoms. The van der Waals surface area contributed by atoms with E-state index in [0.717, 1.165) is 0 Å². The van der Waals surface area contributed by atoms with E-state index < -0.39 is 34.0 Å². The fourth-order valence-corrected chi connectivity index (χ4v) is 7.20. The molecule has 178 valence electrons. The lowest BCUT2D eigenvalue weighted by molar-refractivity contribution is -0.123. The Hall–Kier alpha value is -2.37. The van der Waals surface area contributed by atoms with Crippen molar-refractivity contribution in [1.82, 2.24) is 15.0 Å². The highest BCUT2D eigenvalue weighted by Crippen LogP contribution is 2.47. The molecule has 1 aliphatic rings. The van der Waals surface area contributed by atoms with Crippen LogP contribution in [-0.2, 0) is 14.6 Å². The van der Waals surface area contributed by atoms with Gasteiger partial charge in [-0.25, -0.2) is 13.0 Å². The minimum atomic E-state index is -4.52. The first-order valence-electron chi connectivity index (χ1n) is 9.44. The molecule has 0 spiro atoms. The van der Waals surface area contributed by atoms with E-state index in [1.165, 1.54) is 12.1 Å². The van der Waals surface area contributed by atoms with Gasteiger partial charge in [-0.05, 0) is 35.1 Å². The first-order chi connectivity index (χ1) is 15.7. The number of hydrazine groups is 1. The van der Waals surface area contributed by atoms with Gasteiger partial charge in [-0.1, -0.05) is 42.1 Å². The summed E-state index contributed by atoms with van der Waals surface area (Å²) >= 11 is 0.621. The van der Waals surface area contributed by atoms with Crippen LogP contribution in [0.3, 0.4) is 0 Å². The maximum Gasteiger partial charge on any atom is 0.391 e. The Labute approximate surface area is 194 Å². The minimum Gasteiger partial charge on any atom is -0.492 e. The zero-order chi connectivity index (χ0) is 24.1. The zero-order valence-corrected chi connectivity index (χ0v) is 19.5. The largest absolute Gasteiger partial charge is 0.492 e. The van der Waals surface area contributed by atoms with Crippen LogP contribution in [0.25, 0.3) is 0 Å². The molecule has 1 heterocycles. The number of halogens is 1. The number of rotatable bonds is 10. The predicted molar refractivity (Wildman–Crippen MR) is 119 cm³/mol. The molecule has 0 radical (unpaired) electrons. The molecule has 3 rings (SSSR count). The zero-order valence-electron chi connectivity index (χ0n) is 17.0. The lowest BCUT2D eigenvalue weighted by Gasteiger charge is -2.20. The first kappa shape index (κ1) is 25.3. The van der Waals surface area contributed by atoms with Gasteiger partial charge in [-0.15, -0.1) is 4.48 Å². The van der Waals surface area contributed by atoms with Gasteiger partial charge in [0.25, 0.3) is 0 Å². The Morgan fingerprint density at radius 2 is 1.88 bits per heavy atom. The molecular weight excluding hydrogens is 496 g/mol. The van der Waals surface area contributed by atoms with E-state index >= 15 is 0 Å². The number of hydrogen-bond donors (Lipinski definition) is 3. The predicted octanol–water partition coefficient (Wildman–Crippen LogP) is 2.08. The van der Waals surface area contributed by atoms with E-state index in [0.29, 0.717) is 41.2 Å². The highest BCUT2D eigenvalue weighted by Gasteiger charge is 2.49. The molecule has 33 heavy (non-hydrogen) atoms. The number of hydrogen-bond acceptors (Lipinski definition) is 10. The number of nitrogens with one attached hydrogen (secondary N) is 1. The van der Waals surface area contributed by atoms with Gasteiger partial charge >= 0.3 is 7.60 Å². The SMILES string of the molecule is N#CN1C(c2ccc(OCCN)cc2)SC(S(=O)(=O)NCP(=O)(O)Oc2ccccc2)N1F. The van der Waals surface area contributed by atoms with E-state index in [9.17, 15) is 27.6 Å². The number of nitrogens with zero attached hydrogens (tertiary/aromatic N) is 3. The number of benzene rings is 2. The Bertz CT molecular complexity index is 1140. The summed E-state index contributed by atoms with van der Waals surface area (Å²) in [7, 11) is -8.94. The van der Waals surface area contributed by atoms with E-state index in [-0.39, 0.29) is 11.0 Å². The molecule has 1 aliphatic heterocycles. The molecule has 0 saturated carbocycles. The van der Waals surface area contributed by atoms with E-state index in [1.54, 1.807) is 48.7 Å². The van der Waals surface area contributed by atoms with Crippen LogP contribution in [0.4, 0.5) is 4.48 Å². The summed E-state index contributed by atoms with van der Waals surface area (Å²) in [5, 5.41) is 8.69. The molecule has 0 aliphatic carbocycles. The van der Waals surface area contributed by atoms with Crippen LogP contribution >= 0.6 is 19.4 Å². The van der Waals surface area contributed by atoms with Crippen molar-refractivity contribution in [3.63, 3.8) is 0 Å². The third kappa shape index (κ3) is 6.36. The van der Waals surface area contributed by atoms with Crippen LogP contribution in [0.1, 0.15) is 10.9 Å². The second-order valence-electron chi connectivity index (χ2n) is 6.62. The maximum atomic E-state index is 14.8. The van der Waals surface area contributed by atoms with Gasteiger partial charge in [0.15, 0.2) is 6.19 Å². The normalized spacial score (nSPS) is 20.7. The summed E-state index contributed by atoms with van der Waals surface area (Å²) in [6.45, 7) is 0.623. The molecule has 1 fully saturated rings. The van der Waals surface area contributed by atoms with Gasteiger partial charge in [-0.2, -0.15) is 15.0 Å². The Kier molecular flexibility index (Phi) is 8.19. The molecule has 0 amide bonds. The quantitative estimate of drug-likeness (QED) is 0.241. The number of ether oxygens (including phenoxy) is 1. The maximum absolute atomic E-state index is 14.8. The van der Waals surface area contributed by atoms with Crippen molar-refractivity contribution in [2.24, 2.45) is 5.73 Å². The second-order valence-corrected chi connectivity index (χ2v) is 11.7. The summed E-state index contributed by atoms with van der Waals surface area (Å²) < 4.78 is 62.7. The van der Waals surface area contributed by atoms with Gasteiger partial charge in [-0.3, -0.25) is 0 Å². The molecule has 2 aromatic rings. The van der Waals surface area contributed by atoms with Crippen LogP contribution < -0.4 is 19.7 Å². The van der Waals surface area contributed by atoms with Crippen LogP contribution in [0, 0.1) is 11.5 Å². The Morgan fingerprint density at radius 3 is 2.48 bits per heavy atom. The van der Waals surface area contributed by atoms with Crippen molar-refractivity contribution < 1.29 is 31.6 Å². The topological polar surface area (TPSA) is 158 Å². The van der Waals surface area contributed by atoms with E-state index in [1.807, 2.05) is 4.72 Å².